The van der Waals surface area contributed by atoms with Crippen molar-refractivity contribution < 1.29 is 4.39 Å². The van der Waals surface area contributed by atoms with Crippen molar-refractivity contribution >= 4 is 0 Å². The lowest BCUT2D eigenvalue weighted by Crippen LogP contribution is -2.19. The molecule has 0 aliphatic rings. The fraction of sp³-hybridized carbons (Fsp3) is 0.438. The molecule has 0 saturated carbocycles. The molecule has 4 heteroatoms. The maximum atomic E-state index is 14.1. The lowest BCUT2D eigenvalue weighted by molar-refractivity contribution is 0.568. The Bertz CT molecular complexity index is 563. The van der Waals surface area contributed by atoms with Crippen LogP contribution in [0.4, 0.5) is 4.39 Å². The summed E-state index contributed by atoms with van der Waals surface area (Å²) >= 11 is 0. The number of nitrogens with one attached hydrogen (secondary N) is 1. The second-order valence-electron chi connectivity index (χ2n) is 4.95. The molecule has 0 aliphatic carbocycles. The minimum Gasteiger partial charge on any atom is -0.331 e. The topological polar surface area (TPSA) is 29.9 Å². The first kappa shape index (κ1) is 14.7. The predicted octanol–water partition coefficient (Wildman–Crippen LogP) is 3.77. The number of aromatic nitrogens is 2. The van der Waals surface area contributed by atoms with Gasteiger partial charge in [0.2, 0.25) is 0 Å². The van der Waals surface area contributed by atoms with E-state index in [1.165, 1.54) is 6.07 Å². The van der Waals surface area contributed by atoms with Crippen LogP contribution in [-0.4, -0.2) is 16.1 Å². The molecule has 0 bridgehead atoms. The summed E-state index contributed by atoms with van der Waals surface area (Å²) in [6.45, 7) is 7.99. The summed E-state index contributed by atoms with van der Waals surface area (Å²) in [6, 6.07) is 5.48. The molecule has 0 fully saturated rings. The smallest absolute Gasteiger partial charge is 0.142 e. The van der Waals surface area contributed by atoms with Gasteiger partial charge in [0.1, 0.15) is 11.6 Å². The zero-order valence-corrected chi connectivity index (χ0v) is 12.4. The van der Waals surface area contributed by atoms with Crippen molar-refractivity contribution in [3.05, 3.63) is 42.0 Å². The van der Waals surface area contributed by atoms with Crippen molar-refractivity contribution in [2.24, 2.45) is 0 Å². The van der Waals surface area contributed by atoms with E-state index < -0.39 is 0 Å². The average molecular weight is 275 g/mol. The number of hydrogen-bond acceptors (Lipinski definition) is 2. The molecule has 1 atom stereocenters. The minimum absolute atomic E-state index is 0.208. The van der Waals surface area contributed by atoms with E-state index in [-0.39, 0.29) is 11.9 Å². The molecule has 0 saturated heterocycles. The van der Waals surface area contributed by atoms with Gasteiger partial charge in [-0.3, -0.25) is 0 Å². The Morgan fingerprint density at radius 1 is 1.35 bits per heavy atom. The Kier molecular flexibility index (Phi) is 4.90. The third-order valence-electron chi connectivity index (χ3n) is 3.49. The summed E-state index contributed by atoms with van der Waals surface area (Å²) in [6.07, 6.45) is 4.67. The molecule has 1 N–H and O–H groups in total. The number of hydrogen-bond donors (Lipinski definition) is 1. The molecule has 1 heterocycles. The summed E-state index contributed by atoms with van der Waals surface area (Å²) < 4.78 is 16.0. The summed E-state index contributed by atoms with van der Waals surface area (Å²) in [5.74, 6) is 0.465. The normalized spacial score (nSPS) is 12.6. The average Bonchev–Trinajstić information content (AvgIpc) is 2.93. The highest BCUT2D eigenvalue weighted by Crippen LogP contribution is 2.25. The van der Waals surface area contributed by atoms with Crippen molar-refractivity contribution in [3.8, 4) is 11.4 Å². The van der Waals surface area contributed by atoms with Gasteiger partial charge in [0, 0.05) is 25.0 Å². The highest BCUT2D eigenvalue weighted by Gasteiger charge is 2.13. The Labute approximate surface area is 119 Å². The van der Waals surface area contributed by atoms with Crippen LogP contribution >= 0.6 is 0 Å². The van der Waals surface area contributed by atoms with Crippen LogP contribution in [0.1, 0.15) is 38.8 Å². The van der Waals surface area contributed by atoms with Crippen LogP contribution in [-0.2, 0) is 6.54 Å². The molecule has 108 valence electrons. The Morgan fingerprint density at radius 2 is 2.15 bits per heavy atom. The second kappa shape index (κ2) is 6.66. The number of imidazole rings is 1. The van der Waals surface area contributed by atoms with Crippen molar-refractivity contribution in [2.75, 3.05) is 6.54 Å². The van der Waals surface area contributed by atoms with Gasteiger partial charge in [-0.05, 0) is 44.5 Å². The van der Waals surface area contributed by atoms with Crippen LogP contribution < -0.4 is 5.32 Å². The maximum Gasteiger partial charge on any atom is 0.142 e. The number of halogens is 1. The summed E-state index contributed by atoms with van der Waals surface area (Å²) in [7, 11) is 0. The molecule has 3 nitrogen and oxygen atoms in total. The van der Waals surface area contributed by atoms with E-state index >= 15 is 0 Å². The molecule has 0 radical (unpaired) electrons. The first-order valence-corrected chi connectivity index (χ1v) is 7.21. The standard InChI is InChI=1S/C16H22FN3/c1-4-8-18-12(3)13-6-7-15(17)14(11-13)16-19-9-10-20(16)5-2/h6-7,9-12,18H,4-5,8H2,1-3H3. The van der Waals surface area contributed by atoms with Crippen molar-refractivity contribution in [1.29, 1.82) is 0 Å². The van der Waals surface area contributed by atoms with E-state index in [1.807, 2.05) is 29.8 Å². The minimum atomic E-state index is -0.225. The van der Waals surface area contributed by atoms with E-state index in [0.29, 0.717) is 11.4 Å². The van der Waals surface area contributed by atoms with E-state index in [4.69, 9.17) is 0 Å². The van der Waals surface area contributed by atoms with Crippen LogP contribution in [0.15, 0.2) is 30.6 Å². The zero-order valence-electron chi connectivity index (χ0n) is 12.4. The fourth-order valence-corrected chi connectivity index (χ4v) is 2.27. The van der Waals surface area contributed by atoms with Gasteiger partial charge in [-0.15, -0.1) is 0 Å². The molecule has 2 aromatic rings. The quantitative estimate of drug-likeness (QED) is 0.869. The van der Waals surface area contributed by atoms with E-state index in [1.54, 1.807) is 6.20 Å². The molecule has 2 rings (SSSR count). The van der Waals surface area contributed by atoms with Crippen LogP contribution in [0.2, 0.25) is 0 Å². The maximum absolute atomic E-state index is 14.1. The van der Waals surface area contributed by atoms with Gasteiger partial charge in [0.05, 0.1) is 5.56 Å². The largest absolute Gasteiger partial charge is 0.331 e. The molecule has 1 aromatic heterocycles. The van der Waals surface area contributed by atoms with Gasteiger partial charge < -0.3 is 9.88 Å². The van der Waals surface area contributed by atoms with Crippen LogP contribution in [0.5, 0.6) is 0 Å². The third kappa shape index (κ3) is 3.07. The van der Waals surface area contributed by atoms with E-state index in [0.717, 1.165) is 25.1 Å². The van der Waals surface area contributed by atoms with Crippen molar-refractivity contribution in [2.45, 2.75) is 39.8 Å². The van der Waals surface area contributed by atoms with Crippen LogP contribution in [0.3, 0.4) is 0 Å². The molecule has 0 amide bonds. The third-order valence-corrected chi connectivity index (χ3v) is 3.49. The molecular formula is C16H22FN3. The lowest BCUT2D eigenvalue weighted by atomic mass is 10.0. The SMILES string of the molecule is CCCNC(C)c1ccc(F)c(-c2nccn2CC)c1. The van der Waals surface area contributed by atoms with Gasteiger partial charge in [-0.2, -0.15) is 0 Å². The van der Waals surface area contributed by atoms with Gasteiger partial charge in [-0.25, -0.2) is 9.37 Å². The predicted molar refractivity (Wildman–Crippen MR) is 80.0 cm³/mol. The van der Waals surface area contributed by atoms with Crippen molar-refractivity contribution in [1.82, 2.24) is 14.9 Å². The summed E-state index contributed by atoms with van der Waals surface area (Å²) in [4.78, 5) is 4.28. The van der Waals surface area contributed by atoms with Gasteiger partial charge in [0.25, 0.3) is 0 Å². The lowest BCUT2D eigenvalue weighted by Gasteiger charge is -2.15. The Morgan fingerprint density at radius 3 is 2.85 bits per heavy atom. The summed E-state index contributed by atoms with van der Waals surface area (Å²) in [5.41, 5.74) is 1.65. The van der Waals surface area contributed by atoms with E-state index in [9.17, 15) is 4.39 Å². The molecule has 0 spiro atoms. The van der Waals surface area contributed by atoms with Crippen LogP contribution in [0, 0.1) is 5.82 Å². The molecule has 0 aliphatic heterocycles. The molecule has 1 aromatic carbocycles. The van der Waals surface area contributed by atoms with Crippen LogP contribution in [0.25, 0.3) is 11.4 Å². The first-order valence-electron chi connectivity index (χ1n) is 7.21. The Hall–Kier alpha value is -1.68. The van der Waals surface area contributed by atoms with Crippen molar-refractivity contribution in [3.63, 3.8) is 0 Å². The van der Waals surface area contributed by atoms with Gasteiger partial charge in [-0.1, -0.05) is 13.0 Å². The first-order chi connectivity index (χ1) is 9.67. The second-order valence-corrected chi connectivity index (χ2v) is 4.95. The van der Waals surface area contributed by atoms with E-state index in [2.05, 4.69) is 24.1 Å². The number of rotatable bonds is 6. The molecular weight excluding hydrogens is 253 g/mol. The highest BCUT2D eigenvalue weighted by atomic mass is 19.1. The Balaban J connectivity index is 2.34. The number of nitrogens with zero attached hydrogens (tertiary/aromatic N) is 2. The fourth-order valence-electron chi connectivity index (χ4n) is 2.27. The highest BCUT2D eigenvalue weighted by molar-refractivity contribution is 5.58. The van der Waals surface area contributed by atoms with Gasteiger partial charge >= 0.3 is 0 Å². The monoisotopic (exact) mass is 275 g/mol. The number of benzene rings is 1. The summed E-state index contributed by atoms with van der Waals surface area (Å²) in [5, 5.41) is 3.42. The molecule has 20 heavy (non-hydrogen) atoms. The zero-order chi connectivity index (χ0) is 14.5. The number of aryl methyl sites for hydroxylation is 1. The van der Waals surface area contributed by atoms with Gasteiger partial charge in [0.15, 0.2) is 0 Å². The molecule has 1 unspecified atom stereocenters.